The molecule has 19 heavy (non-hydrogen) atoms. The van der Waals surface area contributed by atoms with Gasteiger partial charge in [-0.3, -0.25) is 0 Å². The molecule has 0 saturated carbocycles. The Morgan fingerprint density at radius 2 is 1.89 bits per heavy atom. The molecule has 0 aromatic rings. The lowest BCUT2D eigenvalue weighted by Crippen LogP contribution is -2.52. The van der Waals surface area contributed by atoms with Crippen LogP contribution in [0.25, 0.3) is 0 Å². The number of rotatable bonds is 4. The standard InChI is InChI=1S/C14H26N2O3/c1-4-11(5-2)15(3)14(19)16-10-8-6-7-9-12(16)13(17)18/h11-12H,4-10H2,1-3H3,(H,17,18). The summed E-state index contributed by atoms with van der Waals surface area (Å²) in [5, 5.41) is 9.30. The fraction of sp³-hybridized carbons (Fsp3) is 0.857. The predicted molar refractivity (Wildman–Crippen MR) is 74.1 cm³/mol. The monoisotopic (exact) mass is 270 g/mol. The lowest BCUT2D eigenvalue weighted by molar-refractivity contribution is -0.142. The van der Waals surface area contributed by atoms with Crippen molar-refractivity contribution in [3.05, 3.63) is 0 Å². The number of urea groups is 1. The largest absolute Gasteiger partial charge is 0.480 e. The average molecular weight is 270 g/mol. The van der Waals surface area contributed by atoms with E-state index >= 15 is 0 Å². The van der Waals surface area contributed by atoms with Crippen molar-refractivity contribution in [2.24, 2.45) is 0 Å². The van der Waals surface area contributed by atoms with Gasteiger partial charge in [-0.2, -0.15) is 0 Å². The number of aliphatic carboxylic acids is 1. The highest BCUT2D eigenvalue weighted by molar-refractivity contribution is 5.82. The van der Waals surface area contributed by atoms with E-state index in [1.54, 1.807) is 16.8 Å². The van der Waals surface area contributed by atoms with Crippen LogP contribution < -0.4 is 0 Å². The van der Waals surface area contributed by atoms with E-state index < -0.39 is 12.0 Å². The molecule has 1 aliphatic rings. The van der Waals surface area contributed by atoms with Gasteiger partial charge in [-0.1, -0.05) is 26.7 Å². The third kappa shape index (κ3) is 3.85. The molecular formula is C14H26N2O3. The van der Waals surface area contributed by atoms with E-state index in [-0.39, 0.29) is 12.1 Å². The molecule has 1 atom stereocenters. The van der Waals surface area contributed by atoms with E-state index in [1.165, 1.54) is 0 Å². The van der Waals surface area contributed by atoms with Crippen LogP contribution in [0.15, 0.2) is 0 Å². The molecule has 0 aromatic carbocycles. The molecule has 1 fully saturated rings. The van der Waals surface area contributed by atoms with Gasteiger partial charge in [-0.15, -0.1) is 0 Å². The van der Waals surface area contributed by atoms with Crippen molar-refractivity contribution < 1.29 is 14.7 Å². The van der Waals surface area contributed by atoms with E-state index in [4.69, 9.17) is 0 Å². The maximum absolute atomic E-state index is 12.5. The zero-order chi connectivity index (χ0) is 14.4. The first-order chi connectivity index (χ1) is 9.02. The van der Waals surface area contributed by atoms with Crippen LogP contribution in [0.1, 0.15) is 52.4 Å². The van der Waals surface area contributed by atoms with Gasteiger partial charge in [0.2, 0.25) is 0 Å². The summed E-state index contributed by atoms with van der Waals surface area (Å²) in [6, 6.07) is -0.611. The summed E-state index contributed by atoms with van der Waals surface area (Å²) in [6.45, 7) is 4.66. The molecule has 1 aliphatic heterocycles. The fourth-order valence-electron chi connectivity index (χ4n) is 2.79. The van der Waals surface area contributed by atoms with Crippen LogP contribution in [0.2, 0.25) is 0 Å². The third-order valence-electron chi connectivity index (χ3n) is 4.08. The Labute approximate surface area is 115 Å². The highest BCUT2D eigenvalue weighted by atomic mass is 16.4. The van der Waals surface area contributed by atoms with Crippen molar-refractivity contribution in [2.45, 2.75) is 64.5 Å². The van der Waals surface area contributed by atoms with Crippen molar-refractivity contribution in [1.82, 2.24) is 9.80 Å². The molecule has 1 unspecified atom stereocenters. The van der Waals surface area contributed by atoms with E-state index in [1.807, 2.05) is 0 Å². The Morgan fingerprint density at radius 3 is 2.42 bits per heavy atom. The van der Waals surface area contributed by atoms with Crippen LogP contribution in [0.3, 0.4) is 0 Å². The van der Waals surface area contributed by atoms with Gasteiger partial charge in [0.1, 0.15) is 6.04 Å². The molecule has 0 aromatic heterocycles. The van der Waals surface area contributed by atoms with E-state index in [0.717, 1.165) is 32.1 Å². The number of carbonyl (C=O) groups is 2. The van der Waals surface area contributed by atoms with Crippen LogP contribution in [0.4, 0.5) is 4.79 Å². The molecule has 1 saturated heterocycles. The van der Waals surface area contributed by atoms with Crippen molar-refractivity contribution >= 4 is 12.0 Å². The summed E-state index contributed by atoms with van der Waals surface area (Å²) in [4.78, 5) is 27.1. The van der Waals surface area contributed by atoms with Crippen LogP contribution in [0.5, 0.6) is 0 Å². The molecule has 0 aliphatic carbocycles. The minimum Gasteiger partial charge on any atom is -0.480 e. The van der Waals surface area contributed by atoms with Crippen LogP contribution in [-0.4, -0.2) is 52.6 Å². The Bertz CT molecular complexity index is 316. The van der Waals surface area contributed by atoms with E-state index in [9.17, 15) is 14.7 Å². The summed E-state index contributed by atoms with van der Waals surface area (Å²) < 4.78 is 0. The molecule has 0 bridgehead atoms. The van der Waals surface area contributed by atoms with Gasteiger partial charge in [0.25, 0.3) is 0 Å². The summed E-state index contributed by atoms with van der Waals surface area (Å²) >= 11 is 0. The minimum absolute atomic E-state index is 0.136. The zero-order valence-electron chi connectivity index (χ0n) is 12.3. The Morgan fingerprint density at radius 1 is 1.26 bits per heavy atom. The maximum atomic E-state index is 12.5. The second-order valence-electron chi connectivity index (χ2n) is 5.26. The molecule has 110 valence electrons. The lowest BCUT2D eigenvalue weighted by atomic mass is 10.1. The number of amides is 2. The number of nitrogens with zero attached hydrogens (tertiary/aromatic N) is 2. The number of carboxylic acids is 1. The first-order valence-electron chi connectivity index (χ1n) is 7.29. The van der Waals surface area contributed by atoms with Crippen molar-refractivity contribution in [2.75, 3.05) is 13.6 Å². The summed E-state index contributed by atoms with van der Waals surface area (Å²) in [5.74, 6) is -0.881. The molecule has 5 heteroatoms. The molecule has 0 spiro atoms. The summed E-state index contributed by atoms with van der Waals surface area (Å²) in [6.07, 6.45) is 5.14. The predicted octanol–water partition coefficient (Wildman–Crippen LogP) is 2.56. The zero-order valence-corrected chi connectivity index (χ0v) is 12.3. The SMILES string of the molecule is CCC(CC)N(C)C(=O)N1CCCCCC1C(=O)O. The highest BCUT2D eigenvalue weighted by Crippen LogP contribution is 2.20. The van der Waals surface area contributed by atoms with Gasteiger partial charge in [0, 0.05) is 19.6 Å². The fourth-order valence-corrected chi connectivity index (χ4v) is 2.79. The van der Waals surface area contributed by atoms with Gasteiger partial charge in [0.15, 0.2) is 0 Å². The summed E-state index contributed by atoms with van der Waals surface area (Å²) in [7, 11) is 1.78. The molecule has 1 N–H and O–H groups in total. The Kier molecular flexibility index (Phi) is 6.12. The first-order valence-corrected chi connectivity index (χ1v) is 7.29. The maximum Gasteiger partial charge on any atom is 0.326 e. The van der Waals surface area contributed by atoms with Gasteiger partial charge in [0.05, 0.1) is 0 Å². The van der Waals surface area contributed by atoms with Crippen LogP contribution >= 0.6 is 0 Å². The van der Waals surface area contributed by atoms with Crippen LogP contribution in [-0.2, 0) is 4.79 Å². The quantitative estimate of drug-likeness (QED) is 0.854. The Hall–Kier alpha value is -1.26. The molecular weight excluding hydrogens is 244 g/mol. The lowest BCUT2D eigenvalue weighted by Gasteiger charge is -2.35. The van der Waals surface area contributed by atoms with Crippen LogP contribution in [0, 0.1) is 0 Å². The average Bonchev–Trinajstić information content (AvgIpc) is 2.64. The normalized spacial score (nSPS) is 20.2. The number of hydrogen-bond acceptors (Lipinski definition) is 2. The molecule has 0 radical (unpaired) electrons. The van der Waals surface area contributed by atoms with E-state index in [0.29, 0.717) is 13.0 Å². The number of hydrogen-bond donors (Lipinski definition) is 1. The first kappa shape index (κ1) is 15.8. The van der Waals surface area contributed by atoms with Gasteiger partial charge in [-0.25, -0.2) is 9.59 Å². The summed E-state index contributed by atoms with van der Waals surface area (Å²) in [5.41, 5.74) is 0. The van der Waals surface area contributed by atoms with E-state index in [2.05, 4.69) is 13.8 Å². The van der Waals surface area contributed by atoms with Gasteiger partial charge in [-0.05, 0) is 25.7 Å². The Balaban J connectivity index is 2.83. The number of likely N-dealkylation sites (tertiary alicyclic amines) is 1. The van der Waals surface area contributed by atoms with Crippen molar-refractivity contribution in [1.29, 1.82) is 0 Å². The molecule has 1 heterocycles. The topological polar surface area (TPSA) is 60.9 Å². The molecule has 1 rings (SSSR count). The van der Waals surface area contributed by atoms with Crippen molar-refractivity contribution in [3.8, 4) is 0 Å². The second-order valence-corrected chi connectivity index (χ2v) is 5.26. The number of carboxylic acid groups (broad SMARTS) is 1. The van der Waals surface area contributed by atoms with Gasteiger partial charge < -0.3 is 14.9 Å². The van der Waals surface area contributed by atoms with Gasteiger partial charge >= 0.3 is 12.0 Å². The molecule has 2 amide bonds. The smallest absolute Gasteiger partial charge is 0.326 e. The number of carbonyl (C=O) groups excluding carboxylic acids is 1. The second kappa shape index (κ2) is 7.36. The highest BCUT2D eigenvalue weighted by Gasteiger charge is 2.33. The minimum atomic E-state index is -0.881. The molecule has 5 nitrogen and oxygen atoms in total. The van der Waals surface area contributed by atoms with Crippen molar-refractivity contribution in [3.63, 3.8) is 0 Å². The third-order valence-corrected chi connectivity index (χ3v) is 4.08.